The van der Waals surface area contributed by atoms with Gasteiger partial charge in [-0.2, -0.15) is 0 Å². The van der Waals surface area contributed by atoms with Crippen LogP contribution in [0.25, 0.3) is 0 Å². The summed E-state index contributed by atoms with van der Waals surface area (Å²) in [5.41, 5.74) is 0. The molecule has 5 nitrogen and oxygen atoms in total. The summed E-state index contributed by atoms with van der Waals surface area (Å²) in [5.74, 6) is -2.76. The minimum Gasteiger partial charge on any atom is -0.481 e. The standard InChI is InChI=1S/C9H14O5S/c1-2-7(15-14)5-6(9(12)13)3-4-8(10)11/h6-7H,2-5H2,1H3,(H-,10,11,12,13)/p+1. The molecule has 0 saturated heterocycles. The molecule has 0 spiro atoms. The van der Waals surface area contributed by atoms with Gasteiger partial charge in [0.2, 0.25) is 5.25 Å². The largest absolute Gasteiger partial charge is 0.481 e. The Morgan fingerprint density at radius 2 is 1.93 bits per heavy atom. The molecule has 0 aromatic heterocycles. The van der Waals surface area contributed by atoms with Crippen LogP contribution >= 0.6 is 0 Å². The number of carboxylic acid groups (broad SMARTS) is 2. The van der Waals surface area contributed by atoms with E-state index >= 15 is 0 Å². The van der Waals surface area contributed by atoms with Crippen molar-refractivity contribution < 1.29 is 24.0 Å². The second-order valence-corrected chi connectivity index (χ2v) is 4.19. The van der Waals surface area contributed by atoms with Gasteiger partial charge in [-0.1, -0.05) is 6.92 Å². The third-order valence-corrected chi connectivity index (χ3v) is 2.99. The number of carbonyl (C=O) groups is 2. The van der Waals surface area contributed by atoms with Crippen LogP contribution in [0, 0.1) is 5.92 Å². The lowest BCUT2D eigenvalue weighted by Gasteiger charge is -2.09. The lowest BCUT2D eigenvalue weighted by molar-refractivity contribution is -0.143. The van der Waals surface area contributed by atoms with Crippen molar-refractivity contribution in [1.82, 2.24) is 0 Å². The lowest BCUT2D eigenvalue weighted by Crippen LogP contribution is -2.21. The highest BCUT2D eigenvalue weighted by Crippen LogP contribution is 2.17. The molecule has 2 atom stereocenters. The van der Waals surface area contributed by atoms with Gasteiger partial charge in [-0.3, -0.25) is 9.59 Å². The van der Waals surface area contributed by atoms with Crippen molar-refractivity contribution in [2.24, 2.45) is 5.92 Å². The molecule has 0 aliphatic carbocycles. The van der Waals surface area contributed by atoms with E-state index in [1.807, 2.05) is 6.92 Å². The maximum atomic E-state index is 10.8. The molecule has 2 unspecified atom stereocenters. The highest BCUT2D eigenvalue weighted by Gasteiger charge is 2.29. The van der Waals surface area contributed by atoms with Crippen LogP contribution in [0.15, 0.2) is 0 Å². The number of hydrogen-bond donors (Lipinski definition) is 2. The van der Waals surface area contributed by atoms with Gasteiger partial charge in [-0.25, -0.2) is 0 Å². The summed E-state index contributed by atoms with van der Waals surface area (Å²) in [5, 5.41) is 17.0. The Morgan fingerprint density at radius 1 is 1.33 bits per heavy atom. The summed E-state index contributed by atoms with van der Waals surface area (Å²) < 4.78 is 10.6. The number of carboxylic acids is 2. The third-order valence-electron chi connectivity index (χ3n) is 2.19. The van der Waals surface area contributed by atoms with Gasteiger partial charge in [0.15, 0.2) is 0 Å². The zero-order chi connectivity index (χ0) is 11.8. The van der Waals surface area contributed by atoms with Crippen molar-refractivity contribution in [2.75, 3.05) is 0 Å². The molecule has 0 rings (SSSR count). The summed E-state index contributed by atoms with van der Waals surface area (Å²) >= 11 is 0.389. The molecule has 86 valence electrons. The predicted molar refractivity (Wildman–Crippen MR) is 54.7 cm³/mol. The topological polar surface area (TPSA) is 91.7 Å². The van der Waals surface area contributed by atoms with Crippen molar-refractivity contribution >= 4 is 23.6 Å². The van der Waals surface area contributed by atoms with E-state index in [4.69, 9.17) is 10.2 Å². The fourth-order valence-electron chi connectivity index (χ4n) is 1.23. The third kappa shape index (κ3) is 6.11. The normalized spacial score (nSPS) is 14.2. The summed E-state index contributed by atoms with van der Waals surface area (Å²) in [6.07, 6.45) is 0.761. The second kappa shape index (κ2) is 7.28. The van der Waals surface area contributed by atoms with Crippen LogP contribution in [0.2, 0.25) is 0 Å². The minimum absolute atomic E-state index is 0.0850. The van der Waals surface area contributed by atoms with Gasteiger partial charge in [0.1, 0.15) is 0 Å². The fourth-order valence-corrected chi connectivity index (χ4v) is 1.68. The molecule has 0 radical (unpaired) electrons. The Balaban J connectivity index is 4.20. The van der Waals surface area contributed by atoms with Gasteiger partial charge in [-0.15, -0.1) is 0 Å². The first-order valence-electron chi connectivity index (χ1n) is 4.74. The van der Waals surface area contributed by atoms with Crippen LogP contribution in [0.5, 0.6) is 0 Å². The molecule has 0 aromatic rings. The molecule has 0 aromatic carbocycles. The SMILES string of the molecule is CCC(CC(CCC(=O)O)C(=O)O)[S+]=O. The van der Waals surface area contributed by atoms with Crippen molar-refractivity contribution in [3.05, 3.63) is 0 Å². The number of hydrogen-bond acceptors (Lipinski definition) is 3. The fraction of sp³-hybridized carbons (Fsp3) is 0.778. The Hall–Kier alpha value is -1.04. The van der Waals surface area contributed by atoms with Gasteiger partial charge in [0.25, 0.3) is 0 Å². The molecular weight excluding hydrogens is 220 g/mol. The monoisotopic (exact) mass is 235 g/mol. The van der Waals surface area contributed by atoms with E-state index in [1.54, 1.807) is 0 Å². The van der Waals surface area contributed by atoms with E-state index < -0.39 is 17.9 Å². The first-order valence-corrected chi connectivity index (χ1v) is 5.54. The summed E-state index contributed by atoms with van der Waals surface area (Å²) in [7, 11) is 0. The van der Waals surface area contributed by atoms with E-state index in [1.165, 1.54) is 0 Å². The van der Waals surface area contributed by atoms with Crippen LogP contribution in [0.1, 0.15) is 32.6 Å². The average molecular weight is 235 g/mol. The molecular formula is C9H15O5S+. The molecule has 0 aliphatic rings. The van der Waals surface area contributed by atoms with E-state index in [-0.39, 0.29) is 24.5 Å². The summed E-state index contributed by atoms with van der Waals surface area (Å²) in [6, 6.07) is 0. The summed E-state index contributed by atoms with van der Waals surface area (Å²) in [6.45, 7) is 1.81. The molecule has 0 amide bonds. The van der Waals surface area contributed by atoms with Crippen molar-refractivity contribution in [1.29, 1.82) is 0 Å². The highest BCUT2D eigenvalue weighted by atomic mass is 32.1. The van der Waals surface area contributed by atoms with Crippen molar-refractivity contribution in [2.45, 2.75) is 37.9 Å². The van der Waals surface area contributed by atoms with Crippen LogP contribution < -0.4 is 0 Å². The first-order chi connectivity index (χ1) is 7.01. The first kappa shape index (κ1) is 14.0. The van der Waals surface area contributed by atoms with Crippen LogP contribution in [-0.2, 0) is 25.5 Å². The zero-order valence-corrected chi connectivity index (χ0v) is 9.33. The van der Waals surface area contributed by atoms with Crippen LogP contribution in [0.4, 0.5) is 0 Å². The highest BCUT2D eigenvalue weighted by molar-refractivity contribution is 7.66. The zero-order valence-electron chi connectivity index (χ0n) is 8.51. The predicted octanol–water partition coefficient (Wildman–Crippen LogP) is 1.15. The maximum absolute atomic E-state index is 10.8. The van der Waals surface area contributed by atoms with E-state index in [0.717, 1.165) is 0 Å². The Bertz CT molecular complexity index is 241. The molecule has 0 bridgehead atoms. The Morgan fingerprint density at radius 3 is 2.27 bits per heavy atom. The van der Waals surface area contributed by atoms with Gasteiger partial charge >= 0.3 is 23.6 Å². The number of aliphatic carboxylic acids is 2. The molecule has 6 heteroatoms. The molecule has 0 aliphatic heterocycles. The van der Waals surface area contributed by atoms with Gasteiger partial charge in [-0.05, 0) is 6.42 Å². The van der Waals surface area contributed by atoms with Gasteiger partial charge in [0.05, 0.1) is 5.92 Å². The van der Waals surface area contributed by atoms with Crippen LogP contribution in [0.3, 0.4) is 0 Å². The second-order valence-electron chi connectivity index (χ2n) is 3.33. The molecule has 2 N–H and O–H groups in total. The van der Waals surface area contributed by atoms with E-state index in [9.17, 15) is 13.8 Å². The molecule has 15 heavy (non-hydrogen) atoms. The average Bonchev–Trinajstić information content (AvgIpc) is 2.17. The van der Waals surface area contributed by atoms with Crippen molar-refractivity contribution in [3.8, 4) is 0 Å². The number of rotatable bonds is 8. The van der Waals surface area contributed by atoms with Gasteiger partial charge < -0.3 is 10.2 Å². The molecule has 0 heterocycles. The van der Waals surface area contributed by atoms with Crippen LogP contribution in [-0.4, -0.2) is 27.4 Å². The molecule has 0 saturated carbocycles. The smallest absolute Gasteiger partial charge is 0.462 e. The summed E-state index contributed by atoms with van der Waals surface area (Å²) in [4.78, 5) is 21.1. The Labute approximate surface area is 92.0 Å². The molecule has 0 fully saturated rings. The Kier molecular flexibility index (Phi) is 6.77. The van der Waals surface area contributed by atoms with Gasteiger partial charge in [0, 0.05) is 23.5 Å². The van der Waals surface area contributed by atoms with E-state index in [0.29, 0.717) is 18.1 Å². The quantitative estimate of drug-likeness (QED) is 0.616. The van der Waals surface area contributed by atoms with Crippen molar-refractivity contribution in [3.63, 3.8) is 0 Å². The minimum atomic E-state index is -1.02. The lowest BCUT2D eigenvalue weighted by atomic mass is 9.97. The maximum Gasteiger partial charge on any atom is 0.462 e. The van der Waals surface area contributed by atoms with E-state index in [2.05, 4.69) is 0 Å².